The summed E-state index contributed by atoms with van der Waals surface area (Å²) in [6.45, 7) is 6.15. The Hall–Kier alpha value is -2.78. The van der Waals surface area contributed by atoms with Gasteiger partial charge in [0.25, 0.3) is 5.56 Å². The number of ether oxygens (including phenoxy) is 1. The number of rotatable bonds is 2. The van der Waals surface area contributed by atoms with Crippen molar-refractivity contribution in [1.29, 1.82) is 0 Å². The second-order valence-electron chi connectivity index (χ2n) is 7.70. The Balaban J connectivity index is 2.05. The molecular weight excluding hydrogens is 354 g/mol. The van der Waals surface area contributed by atoms with Crippen LogP contribution in [0.5, 0.6) is 0 Å². The van der Waals surface area contributed by atoms with E-state index in [1.165, 1.54) is 14.1 Å². The van der Waals surface area contributed by atoms with Gasteiger partial charge in [-0.15, -0.1) is 0 Å². The van der Waals surface area contributed by atoms with Crippen LogP contribution in [0.1, 0.15) is 33.6 Å². The SMILES string of the molecule is Cn1c(N)c(NC(=O)C2CCN(C(=O)OC(C)(C)C)CC2)c(=O)n(C)c1=O. The lowest BCUT2D eigenvalue weighted by atomic mass is 9.96. The number of hydrogen-bond acceptors (Lipinski definition) is 6. The van der Waals surface area contributed by atoms with Gasteiger partial charge in [0.1, 0.15) is 17.1 Å². The molecule has 2 rings (SSSR count). The minimum Gasteiger partial charge on any atom is -0.444 e. The number of aromatic nitrogens is 2. The van der Waals surface area contributed by atoms with Crippen LogP contribution < -0.4 is 22.3 Å². The van der Waals surface area contributed by atoms with Crippen molar-refractivity contribution in [2.24, 2.45) is 20.0 Å². The van der Waals surface area contributed by atoms with Crippen molar-refractivity contribution < 1.29 is 14.3 Å². The molecule has 1 aromatic heterocycles. The predicted molar refractivity (Wildman–Crippen MR) is 100 cm³/mol. The van der Waals surface area contributed by atoms with E-state index in [2.05, 4.69) is 5.32 Å². The molecule has 0 spiro atoms. The molecule has 0 aromatic carbocycles. The Kier molecular flexibility index (Phi) is 5.67. The van der Waals surface area contributed by atoms with Crippen molar-refractivity contribution in [2.75, 3.05) is 24.1 Å². The predicted octanol–water partition coefficient (Wildman–Crippen LogP) is 0.252. The molecule has 2 heterocycles. The first-order valence-corrected chi connectivity index (χ1v) is 8.76. The van der Waals surface area contributed by atoms with Crippen molar-refractivity contribution in [1.82, 2.24) is 14.0 Å². The summed E-state index contributed by atoms with van der Waals surface area (Å²) in [5, 5.41) is 2.55. The molecule has 0 unspecified atom stereocenters. The van der Waals surface area contributed by atoms with Crippen LogP contribution in [0.25, 0.3) is 0 Å². The zero-order valence-corrected chi connectivity index (χ0v) is 16.4. The molecule has 27 heavy (non-hydrogen) atoms. The highest BCUT2D eigenvalue weighted by Gasteiger charge is 2.30. The number of carbonyl (C=O) groups is 2. The zero-order chi connectivity index (χ0) is 20.5. The van der Waals surface area contributed by atoms with Crippen molar-refractivity contribution >= 4 is 23.5 Å². The fourth-order valence-electron chi connectivity index (χ4n) is 2.85. The van der Waals surface area contributed by atoms with Crippen LogP contribution in [0.15, 0.2) is 9.59 Å². The number of nitrogen functional groups attached to an aromatic ring is 1. The highest BCUT2D eigenvalue weighted by atomic mass is 16.6. The minimum absolute atomic E-state index is 0.0948. The van der Waals surface area contributed by atoms with E-state index in [4.69, 9.17) is 10.5 Å². The molecule has 1 aliphatic heterocycles. The maximum Gasteiger partial charge on any atom is 0.410 e. The van der Waals surface area contributed by atoms with E-state index in [9.17, 15) is 19.2 Å². The first kappa shape index (κ1) is 20.5. The van der Waals surface area contributed by atoms with Crippen LogP contribution in [-0.2, 0) is 23.6 Å². The maximum atomic E-state index is 12.5. The van der Waals surface area contributed by atoms with E-state index in [0.717, 1.165) is 9.13 Å². The lowest BCUT2D eigenvalue weighted by molar-refractivity contribution is -0.121. The van der Waals surface area contributed by atoms with Crippen molar-refractivity contribution in [3.05, 3.63) is 20.8 Å². The Morgan fingerprint density at radius 1 is 1.11 bits per heavy atom. The third kappa shape index (κ3) is 4.50. The summed E-state index contributed by atoms with van der Waals surface area (Å²) in [6.07, 6.45) is 0.478. The summed E-state index contributed by atoms with van der Waals surface area (Å²) in [5.41, 5.74) is 3.90. The molecule has 1 fully saturated rings. The first-order valence-electron chi connectivity index (χ1n) is 8.76. The van der Waals surface area contributed by atoms with Gasteiger partial charge in [-0.1, -0.05) is 0 Å². The van der Waals surface area contributed by atoms with E-state index in [0.29, 0.717) is 25.9 Å². The van der Waals surface area contributed by atoms with Crippen molar-refractivity contribution in [3.63, 3.8) is 0 Å². The molecule has 3 N–H and O–H groups in total. The Bertz CT molecular complexity index is 856. The summed E-state index contributed by atoms with van der Waals surface area (Å²) < 4.78 is 7.32. The average molecular weight is 381 g/mol. The molecular formula is C17H27N5O5. The highest BCUT2D eigenvalue weighted by Crippen LogP contribution is 2.21. The quantitative estimate of drug-likeness (QED) is 0.756. The number of piperidine rings is 1. The molecule has 150 valence electrons. The van der Waals surface area contributed by atoms with Gasteiger partial charge >= 0.3 is 11.8 Å². The third-order valence-corrected chi connectivity index (χ3v) is 4.48. The molecule has 10 nitrogen and oxygen atoms in total. The highest BCUT2D eigenvalue weighted by molar-refractivity contribution is 5.94. The van der Waals surface area contributed by atoms with E-state index >= 15 is 0 Å². The monoisotopic (exact) mass is 381 g/mol. The van der Waals surface area contributed by atoms with Gasteiger partial charge in [0.2, 0.25) is 5.91 Å². The van der Waals surface area contributed by atoms with Gasteiger partial charge in [0, 0.05) is 33.1 Å². The number of nitrogens with one attached hydrogen (secondary N) is 1. The van der Waals surface area contributed by atoms with Crippen LogP contribution in [0.2, 0.25) is 0 Å². The molecule has 1 aromatic rings. The number of amides is 2. The number of anilines is 2. The summed E-state index contributed by atoms with van der Waals surface area (Å²) in [6, 6.07) is 0. The second-order valence-corrected chi connectivity index (χ2v) is 7.70. The van der Waals surface area contributed by atoms with Gasteiger partial charge in [-0.05, 0) is 33.6 Å². The van der Waals surface area contributed by atoms with E-state index in [-0.39, 0.29) is 23.3 Å². The molecule has 0 atom stereocenters. The number of nitrogens with zero attached hydrogens (tertiary/aromatic N) is 3. The average Bonchev–Trinajstić information content (AvgIpc) is 2.60. The zero-order valence-electron chi connectivity index (χ0n) is 16.4. The van der Waals surface area contributed by atoms with Gasteiger partial charge in [0.15, 0.2) is 0 Å². The van der Waals surface area contributed by atoms with Crippen LogP contribution in [-0.4, -0.2) is 44.7 Å². The van der Waals surface area contributed by atoms with Gasteiger partial charge in [-0.25, -0.2) is 9.59 Å². The number of nitrogens with two attached hydrogens (primary N) is 1. The van der Waals surface area contributed by atoms with Gasteiger partial charge < -0.3 is 20.7 Å². The molecule has 0 aliphatic carbocycles. The third-order valence-electron chi connectivity index (χ3n) is 4.48. The first-order chi connectivity index (χ1) is 12.4. The summed E-state index contributed by atoms with van der Waals surface area (Å²) >= 11 is 0. The summed E-state index contributed by atoms with van der Waals surface area (Å²) in [7, 11) is 2.74. The Morgan fingerprint density at radius 3 is 2.19 bits per heavy atom. The van der Waals surface area contributed by atoms with Gasteiger partial charge in [0.05, 0.1) is 0 Å². The number of likely N-dealkylation sites (tertiary alicyclic amines) is 1. The van der Waals surface area contributed by atoms with Crippen LogP contribution >= 0.6 is 0 Å². The normalized spacial score (nSPS) is 15.5. The van der Waals surface area contributed by atoms with Crippen molar-refractivity contribution in [3.8, 4) is 0 Å². The maximum absolute atomic E-state index is 12.5. The lowest BCUT2D eigenvalue weighted by Crippen LogP contribution is -2.45. The minimum atomic E-state index is -0.657. The second kappa shape index (κ2) is 7.45. The fraction of sp³-hybridized carbons (Fsp3) is 0.647. The molecule has 2 amide bonds. The van der Waals surface area contributed by atoms with Crippen LogP contribution in [0.4, 0.5) is 16.3 Å². The fourth-order valence-corrected chi connectivity index (χ4v) is 2.85. The van der Waals surface area contributed by atoms with E-state index < -0.39 is 22.9 Å². The van der Waals surface area contributed by atoms with Gasteiger partial charge in [-0.3, -0.25) is 18.7 Å². The molecule has 0 saturated carbocycles. The number of carbonyl (C=O) groups excluding carboxylic acids is 2. The molecule has 0 bridgehead atoms. The van der Waals surface area contributed by atoms with Gasteiger partial charge in [-0.2, -0.15) is 0 Å². The van der Waals surface area contributed by atoms with Crippen LogP contribution in [0.3, 0.4) is 0 Å². The largest absolute Gasteiger partial charge is 0.444 e. The van der Waals surface area contributed by atoms with Crippen LogP contribution in [0, 0.1) is 5.92 Å². The molecule has 1 saturated heterocycles. The number of hydrogen-bond donors (Lipinski definition) is 2. The lowest BCUT2D eigenvalue weighted by Gasteiger charge is -2.32. The Morgan fingerprint density at radius 2 is 1.67 bits per heavy atom. The smallest absolute Gasteiger partial charge is 0.410 e. The van der Waals surface area contributed by atoms with Crippen molar-refractivity contribution in [2.45, 2.75) is 39.2 Å². The molecule has 1 aliphatic rings. The standard InChI is InChI=1S/C17H27N5O5/c1-17(2,3)27-16(26)22-8-6-10(7-9-22)13(23)19-11-12(18)20(4)15(25)21(5)14(11)24/h10H,6-9,18H2,1-5H3,(H,19,23). The van der Waals surface area contributed by atoms with E-state index in [1.54, 1.807) is 25.7 Å². The summed E-state index contributed by atoms with van der Waals surface area (Å²) in [5.74, 6) is -0.825. The topological polar surface area (TPSA) is 129 Å². The van der Waals surface area contributed by atoms with E-state index in [1.807, 2.05) is 0 Å². The summed E-state index contributed by atoms with van der Waals surface area (Å²) in [4.78, 5) is 50.3. The molecule has 10 heteroatoms. The Labute approximate surface area is 156 Å². The molecule has 0 radical (unpaired) electrons.